The van der Waals surface area contributed by atoms with Crippen molar-refractivity contribution >= 4 is 181 Å². The molecule has 0 saturated carbocycles. The monoisotopic (exact) mass is 1250 g/mol. The topological polar surface area (TPSA) is 19.4 Å². The standard InChI is InChI=1S/C82H52N6P2S2/c91-89-77-65-43-25-45-67(77)87(61-39-21-7-22-40-61)75-64-52-74-82-76(63(64)51-73(81(75)89)85(59-35-17-5-18-36-59)71-49-55(53-27-9-1-10-28-53)47-69(79(71)89)83(65)57-31-13-3-14-32-57)88(62-41-23-8-24-42-62)68-46-26-44-66-78(68)90(82,92)80-70(84(66)58-33-15-4-16-34-58)48-56(54-29-11-2-12-30-54)50-72(80)86(74)60-37-19-6-20-38-60/h1-52H. The molecule has 2 atom stereocenters. The second kappa shape index (κ2) is 19.5. The fourth-order valence-electron chi connectivity index (χ4n) is 15.9. The van der Waals surface area contributed by atoms with E-state index in [1.165, 1.54) is 31.8 Å². The Morgan fingerprint density at radius 2 is 0.402 bits per heavy atom. The summed E-state index contributed by atoms with van der Waals surface area (Å²) in [5.41, 5.74) is 24.0. The van der Waals surface area contributed by atoms with E-state index in [0.29, 0.717) is 0 Å². The molecule has 92 heavy (non-hydrogen) atoms. The van der Waals surface area contributed by atoms with E-state index < -0.39 is 12.1 Å². The van der Waals surface area contributed by atoms with Gasteiger partial charge in [0, 0.05) is 76.7 Å². The predicted molar refractivity (Wildman–Crippen MR) is 396 cm³/mol. The maximum atomic E-state index is 8.08. The summed E-state index contributed by atoms with van der Waals surface area (Å²) in [6, 6.07) is 110. The number of nitrogens with zero attached hydrogens (tertiary/aromatic N) is 6. The molecule has 0 amide bonds. The van der Waals surface area contributed by atoms with Gasteiger partial charge in [-0.1, -0.05) is 206 Å². The van der Waals surface area contributed by atoms with Crippen LogP contribution in [0, 0.1) is 0 Å². The summed E-state index contributed by atoms with van der Waals surface area (Å²) in [7, 11) is 0. The van der Waals surface area contributed by atoms with Crippen molar-refractivity contribution in [2.45, 2.75) is 0 Å². The number of benzene rings is 14. The largest absolute Gasteiger partial charge is 0.309 e. The van der Waals surface area contributed by atoms with Crippen molar-refractivity contribution in [1.82, 2.24) is 0 Å². The van der Waals surface area contributed by atoms with E-state index in [0.717, 1.165) is 135 Å². The number of para-hydroxylation sites is 6. The first-order valence-electron chi connectivity index (χ1n) is 31.2. The Morgan fingerprint density at radius 1 is 0.185 bits per heavy atom. The highest BCUT2D eigenvalue weighted by Crippen LogP contribution is 2.72. The van der Waals surface area contributed by atoms with Gasteiger partial charge in [0.15, 0.2) is 0 Å². The highest BCUT2D eigenvalue weighted by Gasteiger charge is 2.56. The second-order valence-electron chi connectivity index (χ2n) is 24.3. The van der Waals surface area contributed by atoms with Crippen LogP contribution < -0.4 is 61.2 Å². The second-order valence-corrected chi connectivity index (χ2v) is 32.7. The smallest absolute Gasteiger partial charge is 0.0653 e. The van der Waals surface area contributed by atoms with E-state index in [2.05, 4.69) is 345 Å². The molecule has 14 aromatic carbocycles. The van der Waals surface area contributed by atoms with Crippen LogP contribution >= 0.6 is 12.1 Å². The molecule has 2 unspecified atom stereocenters. The van der Waals surface area contributed by atoms with Crippen molar-refractivity contribution in [2.24, 2.45) is 0 Å². The van der Waals surface area contributed by atoms with Gasteiger partial charge in [-0.2, -0.15) is 0 Å². The number of hydrogen-bond donors (Lipinski definition) is 0. The molecule has 0 spiro atoms. The molecule has 432 valence electrons. The Labute approximate surface area is 544 Å². The lowest BCUT2D eigenvalue weighted by Gasteiger charge is -2.53. The maximum Gasteiger partial charge on any atom is 0.0653 e. The van der Waals surface area contributed by atoms with E-state index in [4.69, 9.17) is 23.6 Å². The minimum atomic E-state index is -3.10. The van der Waals surface area contributed by atoms with Crippen LogP contribution in [0.25, 0.3) is 33.0 Å². The first-order chi connectivity index (χ1) is 45.5. The molecule has 0 N–H and O–H groups in total. The van der Waals surface area contributed by atoms with Crippen LogP contribution in [0.15, 0.2) is 315 Å². The van der Waals surface area contributed by atoms with Crippen LogP contribution in [0.4, 0.5) is 102 Å². The van der Waals surface area contributed by atoms with Gasteiger partial charge in [-0.05, 0) is 156 Å². The molecule has 10 heteroatoms. The summed E-state index contributed by atoms with van der Waals surface area (Å²) in [6.07, 6.45) is 0. The summed E-state index contributed by atoms with van der Waals surface area (Å²) >= 11 is 16.2. The molecule has 6 heterocycles. The van der Waals surface area contributed by atoms with Gasteiger partial charge in [-0.15, -0.1) is 0 Å². The van der Waals surface area contributed by atoms with Gasteiger partial charge in [0.1, 0.15) is 0 Å². The zero-order valence-corrected chi connectivity index (χ0v) is 52.8. The molecular weight excluding hydrogens is 1200 g/mol. The first-order valence-corrected chi connectivity index (χ1v) is 36.8. The first kappa shape index (κ1) is 52.2. The summed E-state index contributed by atoms with van der Waals surface area (Å²) in [4.78, 5) is 15.3. The molecule has 6 aliphatic rings. The molecule has 0 radical (unpaired) electrons. The van der Waals surface area contributed by atoms with Crippen LogP contribution in [0.2, 0.25) is 0 Å². The van der Waals surface area contributed by atoms with E-state index in [1.54, 1.807) is 0 Å². The highest BCUT2D eigenvalue weighted by molar-refractivity contribution is 8.27. The molecule has 6 nitrogen and oxygen atoms in total. The van der Waals surface area contributed by atoms with Gasteiger partial charge in [0.2, 0.25) is 0 Å². The van der Waals surface area contributed by atoms with E-state index in [-0.39, 0.29) is 0 Å². The highest BCUT2D eigenvalue weighted by atomic mass is 32.4. The molecule has 0 aliphatic carbocycles. The molecule has 6 aliphatic heterocycles. The number of fused-ring (bicyclic) bond motifs is 3. The Balaban J connectivity index is 1.01. The van der Waals surface area contributed by atoms with Crippen LogP contribution in [0.3, 0.4) is 0 Å². The van der Waals surface area contributed by atoms with Gasteiger partial charge < -0.3 is 29.4 Å². The minimum absolute atomic E-state index is 1.05. The summed E-state index contributed by atoms with van der Waals surface area (Å²) in [5, 5.41) is 9.31. The molecule has 0 fully saturated rings. The molecule has 0 bridgehead atoms. The lowest BCUT2D eigenvalue weighted by atomic mass is 9.96. The van der Waals surface area contributed by atoms with E-state index >= 15 is 0 Å². The number of anilines is 18. The zero-order valence-electron chi connectivity index (χ0n) is 49.4. The fraction of sp³-hybridized carbons (Fsp3) is 0. The molecule has 14 aromatic rings. The SMILES string of the molecule is S=P12c3c4cc(-c5ccccc5)cc3N(c3ccccc3)c3cc5c6c7c(cc5c(c31)N(c1ccccc1)c1cccc(c12)N4c1ccccc1)N(c1ccccc1)c1cc(-c2ccccc2)cc2c1P7(=S)c1c(cccc1N6c1ccccc1)N2c1ccccc1. The average Bonchev–Trinajstić information content (AvgIpc) is 0.653. The van der Waals surface area contributed by atoms with Crippen molar-refractivity contribution in [3.05, 3.63) is 315 Å². The zero-order chi connectivity index (χ0) is 60.6. The van der Waals surface area contributed by atoms with Crippen LogP contribution in [0.5, 0.6) is 0 Å². The Morgan fingerprint density at radius 3 is 0.685 bits per heavy atom. The van der Waals surface area contributed by atoms with Crippen molar-refractivity contribution < 1.29 is 0 Å². The van der Waals surface area contributed by atoms with E-state index in [9.17, 15) is 0 Å². The summed E-state index contributed by atoms with van der Waals surface area (Å²) < 4.78 is 0. The third kappa shape index (κ3) is 6.94. The Kier molecular flexibility index (Phi) is 11.1. The quantitative estimate of drug-likeness (QED) is 0.138. The molecule has 0 saturated heterocycles. The van der Waals surface area contributed by atoms with Gasteiger partial charge >= 0.3 is 0 Å². The Hall–Kier alpha value is -10.6. The summed E-state index contributed by atoms with van der Waals surface area (Å²) in [5.74, 6) is 0. The number of rotatable bonds is 8. The predicted octanol–water partition coefficient (Wildman–Crippen LogP) is 20.4. The molecule has 20 rings (SSSR count). The van der Waals surface area contributed by atoms with Crippen LogP contribution in [-0.4, -0.2) is 0 Å². The lowest BCUT2D eigenvalue weighted by Crippen LogP contribution is -2.49. The minimum Gasteiger partial charge on any atom is -0.309 e. The van der Waals surface area contributed by atoms with Gasteiger partial charge in [-0.25, -0.2) is 0 Å². The third-order valence-corrected chi connectivity index (χ3v) is 29.2. The maximum absolute atomic E-state index is 8.08. The van der Waals surface area contributed by atoms with Crippen molar-refractivity contribution in [3.8, 4) is 22.3 Å². The number of hydrogen-bond acceptors (Lipinski definition) is 8. The third-order valence-electron chi connectivity index (χ3n) is 19.5. The normalized spacial score (nSPS) is 17.0. The lowest BCUT2D eigenvalue weighted by molar-refractivity contribution is 1.22. The van der Waals surface area contributed by atoms with Gasteiger partial charge in [-0.3, -0.25) is 0 Å². The van der Waals surface area contributed by atoms with Crippen LogP contribution in [0.1, 0.15) is 0 Å². The van der Waals surface area contributed by atoms with Gasteiger partial charge in [0.25, 0.3) is 0 Å². The van der Waals surface area contributed by atoms with Crippen molar-refractivity contribution in [1.29, 1.82) is 0 Å². The van der Waals surface area contributed by atoms with E-state index in [1.807, 2.05) is 0 Å². The van der Waals surface area contributed by atoms with Crippen LogP contribution in [-0.2, 0) is 23.6 Å². The summed E-state index contributed by atoms with van der Waals surface area (Å²) in [6.45, 7) is 0. The molecule has 0 aromatic heterocycles. The van der Waals surface area contributed by atoms with Crippen molar-refractivity contribution in [2.75, 3.05) is 29.4 Å². The van der Waals surface area contributed by atoms with Crippen molar-refractivity contribution in [3.63, 3.8) is 0 Å². The molecular formula is C82H52N6P2S2. The van der Waals surface area contributed by atoms with Gasteiger partial charge in [0.05, 0.1) is 80.3 Å². The fourth-order valence-corrected chi connectivity index (χ4v) is 26.6. The average molecular weight is 1250 g/mol. The Bertz CT molecular complexity index is 5200.